The zero-order chi connectivity index (χ0) is 51.8. The highest BCUT2D eigenvalue weighted by Crippen LogP contribution is 2.53. The largest absolute Gasteiger partial charge is 0.465 e. The third kappa shape index (κ3) is 8.18. The van der Waals surface area contributed by atoms with Gasteiger partial charge in [-0.25, -0.2) is 0 Å². The van der Waals surface area contributed by atoms with Gasteiger partial charge in [0.15, 0.2) is 0 Å². The van der Waals surface area contributed by atoms with Crippen LogP contribution in [0.15, 0.2) is 184 Å². The van der Waals surface area contributed by atoms with Crippen molar-refractivity contribution in [3.63, 3.8) is 0 Å². The highest BCUT2D eigenvalue weighted by atomic mass is 16.5. The molecule has 6 heteroatoms. The Bertz CT molecular complexity index is 3430. The van der Waals surface area contributed by atoms with Crippen molar-refractivity contribution in [3.05, 3.63) is 217 Å². The van der Waals surface area contributed by atoms with E-state index in [9.17, 15) is 9.59 Å². The van der Waals surface area contributed by atoms with Crippen molar-refractivity contribution in [1.29, 1.82) is 0 Å². The summed E-state index contributed by atoms with van der Waals surface area (Å²) < 4.78 is 19.2. The third-order valence-electron chi connectivity index (χ3n) is 18.8. The number of hydrogen-bond donors (Lipinski definition) is 0. The predicted molar refractivity (Wildman–Crippen MR) is 301 cm³/mol. The van der Waals surface area contributed by atoms with Crippen LogP contribution in [0.1, 0.15) is 89.7 Å². The molecular formula is C70H64O6. The van der Waals surface area contributed by atoms with Crippen molar-refractivity contribution in [1.82, 2.24) is 0 Å². The standard InChI is InChI=1S/C70H64O6/c1-5-40-27-43(7-3)50(29-40)37-74-68(71)65-59-15-11-9-13-53(59)55-23-19-46(33-61(55)65)48-21-25-57-58-26-22-49-36-64(58)67(63(57)35-48)70(73)75-38-51-32-42(31-44(51)8-4)17-18-45-28-41(6-2)30-52(45)39-76-69(72)66-60-16-12-10-14-54(60)56-24-20-47(49)34-62(56)66/h5-26,33-36,40-45,50-52,65-67H,1-4,27-32,37-39H2/b18-17-. The number of ether oxygens (including phenoxy) is 3. The molecule has 0 N–H and O–H groups in total. The topological polar surface area (TPSA) is 78.9 Å². The number of allylic oxidation sites excluding steroid dienone is 6. The molecule has 6 aromatic rings. The molecule has 0 amide bonds. The Morgan fingerprint density at radius 1 is 0.487 bits per heavy atom. The van der Waals surface area contributed by atoms with Crippen molar-refractivity contribution < 1.29 is 28.6 Å². The lowest BCUT2D eigenvalue weighted by Gasteiger charge is -2.20. The van der Waals surface area contributed by atoms with E-state index < -0.39 is 17.8 Å². The van der Waals surface area contributed by atoms with E-state index >= 15 is 4.79 Å². The number of carbonyl (C=O) groups is 3. The van der Waals surface area contributed by atoms with Gasteiger partial charge < -0.3 is 14.2 Å². The predicted octanol–water partition coefficient (Wildman–Crippen LogP) is 15.2. The average molecular weight is 1000 g/mol. The Balaban J connectivity index is 0.866. The van der Waals surface area contributed by atoms with E-state index in [1.54, 1.807) is 0 Å². The van der Waals surface area contributed by atoms with Crippen molar-refractivity contribution in [2.75, 3.05) is 19.8 Å². The summed E-state index contributed by atoms with van der Waals surface area (Å²) in [6.45, 7) is 17.5. The number of fused-ring (bicyclic) bond motifs is 15. The van der Waals surface area contributed by atoms with Crippen LogP contribution in [0.2, 0.25) is 0 Å². The number of esters is 3. The summed E-state index contributed by atoms with van der Waals surface area (Å²) in [4.78, 5) is 44.1. The summed E-state index contributed by atoms with van der Waals surface area (Å²) >= 11 is 0. The molecule has 6 nitrogen and oxygen atoms in total. The van der Waals surface area contributed by atoms with Gasteiger partial charge in [0.1, 0.15) is 17.8 Å². The van der Waals surface area contributed by atoms with E-state index in [1.165, 1.54) is 0 Å². The van der Waals surface area contributed by atoms with Gasteiger partial charge >= 0.3 is 17.9 Å². The second kappa shape index (κ2) is 19.5. The van der Waals surface area contributed by atoms with Crippen LogP contribution in [-0.2, 0) is 28.6 Å². The number of cyclic esters (lactones) is 2. The Morgan fingerprint density at radius 3 is 1.58 bits per heavy atom. The average Bonchev–Trinajstić information content (AvgIpc) is 4.41. The second-order valence-corrected chi connectivity index (χ2v) is 22.9. The molecule has 1 heterocycles. The molecule has 0 spiro atoms. The fourth-order valence-electron chi connectivity index (χ4n) is 14.8. The molecule has 3 saturated carbocycles. The van der Waals surface area contributed by atoms with Gasteiger partial charge in [-0.05, 0) is 205 Å². The van der Waals surface area contributed by atoms with Crippen LogP contribution >= 0.6 is 0 Å². The Hall–Kier alpha value is -7.57. The minimum atomic E-state index is -0.686. The maximum absolute atomic E-state index is 15.1. The molecule has 13 rings (SSSR count). The first kappa shape index (κ1) is 48.1. The van der Waals surface area contributed by atoms with Gasteiger partial charge in [0.2, 0.25) is 0 Å². The number of hydrogen-bond acceptors (Lipinski definition) is 6. The maximum Gasteiger partial charge on any atom is 0.317 e. The first-order chi connectivity index (χ1) is 37.2. The molecule has 12 unspecified atom stereocenters. The van der Waals surface area contributed by atoms with Gasteiger partial charge in [-0.1, -0.05) is 134 Å². The van der Waals surface area contributed by atoms with E-state index in [1.807, 2.05) is 48.6 Å². The van der Waals surface area contributed by atoms with Crippen LogP contribution in [-0.4, -0.2) is 37.7 Å². The first-order valence-corrected chi connectivity index (χ1v) is 27.6. The van der Waals surface area contributed by atoms with Gasteiger partial charge in [0.05, 0.1) is 19.8 Å². The van der Waals surface area contributed by atoms with Gasteiger partial charge in [0, 0.05) is 0 Å². The molecule has 3 fully saturated rings. The SMILES string of the molecule is C=CC1CC(C=C)C(COC(=O)C2c3ccccc3-c3ccc(-c4ccc5c(c4)C4C(=O)OCC6CC(/C=C\C7CC(C=C)CC7COC(=O)C7c8ccccc8-c8ccc(cc87)-c7ccc-5c4c7)CC6C=C)cc32)C1. The van der Waals surface area contributed by atoms with Gasteiger partial charge in [0.25, 0.3) is 0 Å². The summed E-state index contributed by atoms with van der Waals surface area (Å²) in [5.41, 5.74) is 15.5. The Morgan fingerprint density at radius 2 is 0.987 bits per heavy atom. The zero-order valence-corrected chi connectivity index (χ0v) is 43.1. The van der Waals surface area contributed by atoms with Crippen molar-refractivity contribution in [2.45, 2.75) is 56.3 Å². The number of rotatable bonds is 8. The zero-order valence-electron chi connectivity index (χ0n) is 43.1. The monoisotopic (exact) mass is 1000 g/mol. The van der Waals surface area contributed by atoms with Crippen LogP contribution in [0.3, 0.4) is 0 Å². The molecule has 76 heavy (non-hydrogen) atoms. The smallest absolute Gasteiger partial charge is 0.317 e. The minimum absolute atomic E-state index is 0.132. The Labute approximate surface area is 446 Å². The quantitative estimate of drug-likeness (QED) is 0.0859. The molecule has 0 aromatic heterocycles. The highest BCUT2D eigenvalue weighted by molar-refractivity contribution is 5.98. The second-order valence-electron chi connectivity index (χ2n) is 22.9. The fourth-order valence-corrected chi connectivity index (χ4v) is 14.8. The number of benzene rings is 6. The van der Waals surface area contributed by atoms with E-state index in [-0.39, 0.29) is 53.4 Å². The minimum Gasteiger partial charge on any atom is -0.465 e. The summed E-state index contributed by atoms with van der Waals surface area (Å²) in [6, 6.07) is 42.0. The summed E-state index contributed by atoms with van der Waals surface area (Å²) in [6.07, 6.45) is 18.5. The van der Waals surface area contributed by atoms with Crippen molar-refractivity contribution in [2.24, 2.45) is 53.3 Å². The summed E-state index contributed by atoms with van der Waals surface area (Å²) in [5.74, 6) is -0.197. The molecule has 6 aromatic carbocycles. The molecule has 0 radical (unpaired) electrons. The molecule has 6 bridgehead atoms. The molecule has 7 aliphatic rings. The molecule has 6 aliphatic carbocycles. The van der Waals surface area contributed by atoms with Crippen molar-refractivity contribution in [3.8, 4) is 55.6 Å². The van der Waals surface area contributed by atoms with Crippen LogP contribution in [0.5, 0.6) is 0 Å². The lowest BCUT2D eigenvalue weighted by atomic mass is 9.90. The van der Waals surface area contributed by atoms with Crippen LogP contribution in [0.4, 0.5) is 0 Å². The lowest BCUT2D eigenvalue weighted by Crippen LogP contribution is -2.21. The van der Waals surface area contributed by atoms with E-state index in [2.05, 4.69) is 136 Å². The van der Waals surface area contributed by atoms with Crippen molar-refractivity contribution >= 4 is 17.9 Å². The number of carbonyl (C=O) groups excluding carboxylic acids is 3. The molecule has 12 atom stereocenters. The molecular weight excluding hydrogens is 937 g/mol. The van der Waals surface area contributed by atoms with Gasteiger partial charge in [-0.2, -0.15) is 0 Å². The lowest BCUT2D eigenvalue weighted by molar-refractivity contribution is -0.146. The Kier molecular flexibility index (Phi) is 12.4. The molecule has 380 valence electrons. The third-order valence-corrected chi connectivity index (χ3v) is 18.8. The van der Waals surface area contributed by atoms with Crippen LogP contribution in [0.25, 0.3) is 55.6 Å². The van der Waals surface area contributed by atoms with E-state index in [0.717, 1.165) is 128 Å². The van der Waals surface area contributed by atoms with Crippen LogP contribution in [0, 0.1) is 53.3 Å². The molecule has 0 saturated heterocycles. The highest BCUT2D eigenvalue weighted by Gasteiger charge is 2.42. The van der Waals surface area contributed by atoms with E-state index in [0.29, 0.717) is 37.6 Å². The van der Waals surface area contributed by atoms with E-state index in [4.69, 9.17) is 14.2 Å². The van der Waals surface area contributed by atoms with Gasteiger partial charge in [-0.3, -0.25) is 14.4 Å². The van der Waals surface area contributed by atoms with Crippen LogP contribution < -0.4 is 0 Å². The summed E-state index contributed by atoms with van der Waals surface area (Å²) in [5, 5.41) is 0. The first-order valence-electron chi connectivity index (χ1n) is 27.6. The van der Waals surface area contributed by atoms with Gasteiger partial charge in [-0.15, -0.1) is 26.3 Å². The fraction of sp³-hybridized carbons (Fsp3) is 0.300. The maximum atomic E-state index is 15.1. The summed E-state index contributed by atoms with van der Waals surface area (Å²) in [7, 11) is 0. The normalized spacial score (nSPS) is 28.8. The molecule has 1 aliphatic heterocycles.